The second-order valence-corrected chi connectivity index (χ2v) is 9.68. The van der Waals surface area contributed by atoms with E-state index >= 15 is 0 Å². The molecule has 186 valence electrons. The average molecular weight is 498 g/mol. The van der Waals surface area contributed by atoms with Gasteiger partial charge in [0.25, 0.3) is 5.91 Å². The minimum atomic E-state index is -0.139. The third-order valence-corrected chi connectivity index (χ3v) is 6.38. The lowest BCUT2D eigenvalue weighted by Gasteiger charge is -2.23. The molecule has 1 amide bonds. The number of aromatic nitrogens is 1. The molecule has 0 spiro atoms. The molecular formula is C26H31N3O5S. The van der Waals surface area contributed by atoms with Crippen molar-refractivity contribution in [2.75, 3.05) is 27.6 Å². The van der Waals surface area contributed by atoms with Gasteiger partial charge in [0.15, 0.2) is 11.5 Å². The first-order valence-corrected chi connectivity index (χ1v) is 12.4. The van der Waals surface area contributed by atoms with Gasteiger partial charge in [-0.15, -0.1) is 11.3 Å². The van der Waals surface area contributed by atoms with Gasteiger partial charge in [-0.05, 0) is 29.7 Å². The Kier molecular flexibility index (Phi) is 8.09. The van der Waals surface area contributed by atoms with Gasteiger partial charge in [0.2, 0.25) is 6.79 Å². The van der Waals surface area contributed by atoms with Crippen molar-refractivity contribution in [2.24, 2.45) is 5.92 Å². The first-order chi connectivity index (χ1) is 16.9. The number of benzene rings is 2. The third-order valence-electron chi connectivity index (χ3n) is 5.55. The molecule has 0 saturated heterocycles. The van der Waals surface area contributed by atoms with E-state index in [0.717, 1.165) is 39.1 Å². The molecule has 1 aliphatic rings. The van der Waals surface area contributed by atoms with Crippen molar-refractivity contribution in [1.29, 1.82) is 0 Å². The Hall–Kier alpha value is -3.30. The van der Waals surface area contributed by atoms with Crippen LogP contribution >= 0.6 is 11.3 Å². The number of nitrogens with one attached hydrogen (secondary N) is 1. The predicted molar refractivity (Wildman–Crippen MR) is 134 cm³/mol. The number of amides is 1. The molecule has 0 atom stereocenters. The molecule has 0 aliphatic carbocycles. The number of thiazole rings is 1. The van der Waals surface area contributed by atoms with Crippen LogP contribution in [0.2, 0.25) is 0 Å². The van der Waals surface area contributed by atoms with E-state index in [4.69, 9.17) is 18.9 Å². The van der Waals surface area contributed by atoms with Crippen LogP contribution in [0.15, 0.2) is 41.8 Å². The Bertz CT molecular complexity index is 1160. The number of rotatable bonds is 11. The fraction of sp³-hybridized carbons (Fsp3) is 0.385. The summed E-state index contributed by atoms with van der Waals surface area (Å²) in [5, 5.41) is 5.62. The minimum absolute atomic E-state index is 0.139. The van der Waals surface area contributed by atoms with Gasteiger partial charge in [-0.25, -0.2) is 4.98 Å². The summed E-state index contributed by atoms with van der Waals surface area (Å²) in [7, 11) is 3.29. The lowest BCUT2D eigenvalue weighted by atomic mass is 10.1. The molecule has 1 N–H and O–H groups in total. The van der Waals surface area contributed by atoms with Crippen LogP contribution in [0.3, 0.4) is 0 Å². The van der Waals surface area contributed by atoms with Crippen LogP contribution in [-0.2, 0) is 19.6 Å². The molecule has 3 aromatic rings. The molecule has 8 nitrogen and oxygen atoms in total. The van der Waals surface area contributed by atoms with Crippen LogP contribution in [0.25, 0.3) is 0 Å². The quantitative estimate of drug-likeness (QED) is 0.418. The molecule has 2 heterocycles. The summed E-state index contributed by atoms with van der Waals surface area (Å²) >= 11 is 1.49. The van der Waals surface area contributed by atoms with E-state index in [1.807, 2.05) is 41.8 Å². The minimum Gasteiger partial charge on any atom is -0.497 e. The maximum atomic E-state index is 12.4. The summed E-state index contributed by atoms with van der Waals surface area (Å²) in [5.41, 5.74) is 2.57. The highest BCUT2D eigenvalue weighted by atomic mass is 32.1. The molecule has 1 aromatic heterocycles. The Morgan fingerprint density at radius 2 is 1.91 bits per heavy atom. The Morgan fingerprint density at radius 1 is 1.09 bits per heavy atom. The number of methoxy groups -OCH3 is 2. The predicted octanol–water partition coefficient (Wildman–Crippen LogP) is 4.48. The Labute approximate surface area is 209 Å². The molecular weight excluding hydrogens is 466 g/mol. The van der Waals surface area contributed by atoms with Crippen molar-refractivity contribution in [3.63, 3.8) is 0 Å². The smallest absolute Gasteiger partial charge is 0.270 e. The molecule has 0 unspecified atom stereocenters. The van der Waals surface area contributed by atoms with E-state index in [0.29, 0.717) is 37.8 Å². The second-order valence-electron chi connectivity index (χ2n) is 8.74. The molecule has 0 bridgehead atoms. The van der Waals surface area contributed by atoms with Crippen molar-refractivity contribution in [3.05, 3.63) is 63.6 Å². The number of ether oxygens (including phenoxy) is 4. The van der Waals surface area contributed by atoms with Gasteiger partial charge < -0.3 is 24.3 Å². The number of carbonyl (C=O) groups excluding carboxylic acids is 1. The lowest BCUT2D eigenvalue weighted by molar-refractivity contribution is 0.0944. The molecule has 4 rings (SSSR count). The number of nitrogens with zero attached hydrogens (tertiary/aromatic N) is 2. The zero-order valence-electron chi connectivity index (χ0n) is 20.5. The first kappa shape index (κ1) is 24.8. The zero-order chi connectivity index (χ0) is 24.8. The standard InChI is InChI=1S/C26H31N3O5S/c1-17(2)11-27-26(30)21-15-35-25(28-21)14-29(12-18-5-8-22-24(9-18)34-16-33-22)13-19-6-7-20(31-3)10-23(19)32-4/h5-10,15,17H,11-14,16H2,1-4H3,(H,27,30). The van der Waals surface area contributed by atoms with Gasteiger partial charge in [0, 0.05) is 36.6 Å². The normalized spacial score (nSPS) is 12.3. The summed E-state index contributed by atoms with van der Waals surface area (Å²) in [4.78, 5) is 19.3. The van der Waals surface area contributed by atoms with Crippen molar-refractivity contribution in [1.82, 2.24) is 15.2 Å². The first-order valence-electron chi connectivity index (χ1n) is 11.5. The van der Waals surface area contributed by atoms with E-state index in [1.54, 1.807) is 14.2 Å². The Balaban J connectivity index is 1.54. The number of hydrogen-bond acceptors (Lipinski definition) is 8. The summed E-state index contributed by atoms with van der Waals surface area (Å²) in [5.74, 6) is 3.25. The van der Waals surface area contributed by atoms with Gasteiger partial charge in [-0.2, -0.15) is 0 Å². The van der Waals surface area contributed by atoms with Crippen LogP contribution in [0.5, 0.6) is 23.0 Å². The second kappa shape index (κ2) is 11.4. The van der Waals surface area contributed by atoms with E-state index in [-0.39, 0.29) is 12.7 Å². The maximum Gasteiger partial charge on any atom is 0.270 e. The molecule has 0 saturated carbocycles. The molecule has 1 aliphatic heterocycles. The SMILES string of the molecule is COc1ccc(CN(Cc2ccc3c(c2)OCO3)Cc2nc(C(=O)NCC(C)C)cs2)c(OC)c1. The molecule has 0 fully saturated rings. The monoisotopic (exact) mass is 497 g/mol. The summed E-state index contributed by atoms with van der Waals surface area (Å²) in [6.45, 7) is 6.84. The van der Waals surface area contributed by atoms with E-state index in [1.165, 1.54) is 11.3 Å². The topological polar surface area (TPSA) is 82.2 Å². The summed E-state index contributed by atoms with van der Waals surface area (Å²) in [6.07, 6.45) is 0. The van der Waals surface area contributed by atoms with Crippen LogP contribution in [0.1, 0.15) is 40.5 Å². The van der Waals surface area contributed by atoms with Gasteiger partial charge in [0.05, 0.1) is 20.8 Å². The highest BCUT2D eigenvalue weighted by molar-refractivity contribution is 7.09. The largest absolute Gasteiger partial charge is 0.497 e. The van der Waals surface area contributed by atoms with Crippen molar-refractivity contribution >= 4 is 17.2 Å². The molecule has 0 radical (unpaired) electrons. The van der Waals surface area contributed by atoms with E-state index in [9.17, 15) is 4.79 Å². The van der Waals surface area contributed by atoms with Crippen LogP contribution in [-0.4, -0.2) is 43.3 Å². The van der Waals surface area contributed by atoms with Crippen LogP contribution < -0.4 is 24.3 Å². The highest BCUT2D eigenvalue weighted by Crippen LogP contribution is 2.33. The van der Waals surface area contributed by atoms with Gasteiger partial charge in [-0.3, -0.25) is 9.69 Å². The maximum absolute atomic E-state index is 12.4. The number of hydrogen-bond donors (Lipinski definition) is 1. The van der Waals surface area contributed by atoms with Crippen molar-refractivity contribution in [2.45, 2.75) is 33.5 Å². The molecule has 2 aromatic carbocycles. The fourth-order valence-corrected chi connectivity index (χ4v) is 4.57. The Morgan fingerprint density at radius 3 is 2.69 bits per heavy atom. The number of fused-ring (bicyclic) bond motifs is 1. The summed E-state index contributed by atoms with van der Waals surface area (Å²) in [6, 6.07) is 11.8. The van der Waals surface area contributed by atoms with Gasteiger partial charge in [-0.1, -0.05) is 26.0 Å². The van der Waals surface area contributed by atoms with Crippen LogP contribution in [0.4, 0.5) is 0 Å². The average Bonchev–Trinajstić information content (AvgIpc) is 3.52. The van der Waals surface area contributed by atoms with Gasteiger partial charge in [0.1, 0.15) is 22.2 Å². The molecule has 35 heavy (non-hydrogen) atoms. The van der Waals surface area contributed by atoms with Crippen molar-refractivity contribution < 1.29 is 23.7 Å². The van der Waals surface area contributed by atoms with E-state index < -0.39 is 0 Å². The van der Waals surface area contributed by atoms with Gasteiger partial charge >= 0.3 is 0 Å². The number of carbonyl (C=O) groups is 1. The van der Waals surface area contributed by atoms with Crippen LogP contribution in [0, 0.1) is 5.92 Å². The third kappa shape index (κ3) is 6.43. The van der Waals surface area contributed by atoms with Crippen molar-refractivity contribution in [3.8, 4) is 23.0 Å². The summed E-state index contributed by atoms with van der Waals surface area (Å²) < 4.78 is 22.0. The van der Waals surface area contributed by atoms with E-state index in [2.05, 4.69) is 29.0 Å². The lowest BCUT2D eigenvalue weighted by Crippen LogP contribution is -2.27. The fourth-order valence-electron chi connectivity index (χ4n) is 3.76. The highest BCUT2D eigenvalue weighted by Gasteiger charge is 2.19. The molecule has 9 heteroatoms. The zero-order valence-corrected chi connectivity index (χ0v) is 21.3.